The van der Waals surface area contributed by atoms with Crippen LogP contribution in [0.15, 0.2) is 24.4 Å². The molecule has 0 saturated heterocycles. The Morgan fingerprint density at radius 1 is 1.35 bits per heavy atom. The van der Waals surface area contributed by atoms with Crippen molar-refractivity contribution in [2.45, 2.75) is 39.8 Å². The van der Waals surface area contributed by atoms with E-state index in [0.717, 1.165) is 13.0 Å². The van der Waals surface area contributed by atoms with E-state index in [1.165, 1.54) is 22.0 Å². The molecule has 1 unspecified atom stereocenters. The van der Waals surface area contributed by atoms with Crippen LogP contribution in [0.1, 0.15) is 25.0 Å². The number of aromatic nitrogens is 1. The SMILES string of the molecule is CCn1cc(C)c2c(CC(C)NC)cccc21. The number of benzene rings is 1. The Labute approximate surface area is 104 Å². The normalized spacial score (nSPS) is 13.2. The second-order valence-electron chi connectivity index (χ2n) is 4.80. The standard InChI is InChI=1S/C15H22N2/c1-5-17-10-11(2)15-13(9-12(3)16-4)7-6-8-14(15)17/h6-8,10,12,16H,5,9H2,1-4H3. The fraction of sp³-hybridized carbons (Fsp3) is 0.467. The Morgan fingerprint density at radius 3 is 2.76 bits per heavy atom. The van der Waals surface area contributed by atoms with Crippen LogP contribution in [0.25, 0.3) is 10.9 Å². The second kappa shape index (κ2) is 4.92. The second-order valence-corrected chi connectivity index (χ2v) is 4.80. The minimum Gasteiger partial charge on any atom is -0.347 e. The predicted molar refractivity (Wildman–Crippen MR) is 74.6 cm³/mol. The lowest BCUT2D eigenvalue weighted by Crippen LogP contribution is -2.23. The molecule has 0 aliphatic heterocycles. The minimum atomic E-state index is 0.518. The molecular formula is C15H22N2. The lowest BCUT2D eigenvalue weighted by Gasteiger charge is -2.12. The highest BCUT2D eigenvalue weighted by Crippen LogP contribution is 2.25. The average Bonchev–Trinajstić information content (AvgIpc) is 2.67. The summed E-state index contributed by atoms with van der Waals surface area (Å²) in [5.74, 6) is 0. The van der Waals surface area contributed by atoms with Gasteiger partial charge in [0, 0.05) is 29.7 Å². The molecule has 0 radical (unpaired) electrons. The van der Waals surface area contributed by atoms with E-state index in [-0.39, 0.29) is 0 Å². The summed E-state index contributed by atoms with van der Waals surface area (Å²) >= 11 is 0. The van der Waals surface area contributed by atoms with Crippen LogP contribution in [-0.2, 0) is 13.0 Å². The molecule has 2 rings (SSSR count). The molecule has 0 aliphatic rings. The van der Waals surface area contributed by atoms with Crippen LogP contribution in [0.5, 0.6) is 0 Å². The molecule has 2 aromatic rings. The topological polar surface area (TPSA) is 17.0 Å². The Hall–Kier alpha value is -1.28. The van der Waals surface area contributed by atoms with Gasteiger partial charge in [0.15, 0.2) is 0 Å². The van der Waals surface area contributed by atoms with Crippen molar-refractivity contribution in [3.05, 3.63) is 35.5 Å². The van der Waals surface area contributed by atoms with Gasteiger partial charge in [-0.15, -0.1) is 0 Å². The molecule has 1 aromatic heterocycles. The molecule has 0 saturated carbocycles. The van der Waals surface area contributed by atoms with Crippen molar-refractivity contribution >= 4 is 10.9 Å². The van der Waals surface area contributed by atoms with Gasteiger partial charge in [-0.05, 0) is 51.4 Å². The number of nitrogens with one attached hydrogen (secondary N) is 1. The number of aryl methyl sites for hydroxylation is 2. The summed E-state index contributed by atoms with van der Waals surface area (Å²) in [4.78, 5) is 0. The summed E-state index contributed by atoms with van der Waals surface area (Å²) in [5, 5.41) is 4.75. The number of likely N-dealkylation sites (N-methyl/N-ethyl adjacent to an activating group) is 1. The summed E-state index contributed by atoms with van der Waals surface area (Å²) in [7, 11) is 2.02. The van der Waals surface area contributed by atoms with Crippen molar-refractivity contribution in [3.63, 3.8) is 0 Å². The maximum Gasteiger partial charge on any atom is 0.0485 e. The molecule has 1 aromatic carbocycles. The van der Waals surface area contributed by atoms with Gasteiger partial charge in [-0.25, -0.2) is 0 Å². The van der Waals surface area contributed by atoms with Crippen molar-refractivity contribution in [1.29, 1.82) is 0 Å². The summed E-state index contributed by atoms with van der Waals surface area (Å²) < 4.78 is 2.33. The van der Waals surface area contributed by atoms with E-state index in [4.69, 9.17) is 0 Å². The first-order valence-corrected chi connectivity index (χ1v) is 6.42. The van der Waals surface area contributed by atoms with E-state index in [1.54, 1.807) is 0 Å². The number of rotatable bonds is 4. The quantitative estimate of drug-likeness (QED) is 0.854. The van der Waals surface area contributed by atoms with E-state index >= 15 is 0 Å². The van der Waals surface area contributed by atoms with Crippen LogP contribution in [0.3, 0.4) is 0 Å². The van der Waals surface area contributed by atoms with Crippen LogP contribution >= 0.6 is 0 Å². The zero-order chi connectivity index (χ0) is 12.4. The summed E-state index contributed by atoms with van der Waals surface area (Å²) in [6, 6.07) is 7.17. The maximum atomic E-state index is 3.31. The third-order valence-corrected chi connectivity index (χ3v) is 3.54. The lowest BCUT2D eigenvalue weighted by atomic mass is 10.0. The fourth-order valence-electron chi connectivity index (χ4n) is 2.51. The van der Waals surface area contributed by atoms with E-state index in [0.29, 0.717) is 6.04 Å². The Kier molecular flexibility index (Phi) is 3.53. The van der Waals surface area contributed by atoms with Crippen molar-refractivity contribution in [2.24, 2.45) is 0 Å². The first-order valence-electron chi connectivity index (χ1n) is 6.42. The first-order chi connectivity index (χ1) is 8.17. The van der Waals surface area contributed by atoms with E-state index in [1.807, 2.05) is 7.05 Å². The van der Waals surface area contributed by atoms with E-state index in [2.05, 4.69) is 55.1 Å². The van der Waals surface area contributed by atoms with Crippen molar-refractivity contribution < 1.29 is 0 Å². The molecule has 0 aliphatic carbocycles. The monoisotopic (exact) mass is 230 g/mol. The van der Waals surface area contributed by atoms with Crippen molar-refractivity contribution in [2.75, 3.05) is 7.05 Å². The Bertz CT molecular complexity index is 511. The van der Waals surface area contributed by atoms with Crippen molar-refractivity contribution in [1.82, 2.24) is 9.88 Å². The van der Waals surface area contributed by atoms with Gasteiger partial charge < -0.3 is 9.88 Å². The molecule has 0 bridgehead atoms. The molecular weight excluding hydrogens is 208 g/mol. The van der Waals surface area contributed by atoms with Crippen LogP contribution in [-0.4, -0.2) is 17.7 Å². The predicted octanol–water partition coefficient (Wildman–Crippen LogP) is 3.12. The van der Waals surface area contributed by atoms with Crippen LogP contribution < -0.4 is 5.32 Å². The Balaban J connectivity index is 2.53. The minimum absolute atomic E-state index is 0.518. The third-order valence-electron chi connectivity index (χ3n) is 3.54. The highest BCUT2D eigenvalue weighted by molar-refractivity contribution is 5.87. The molecule has 0 fully saturated rings. The largest absolute Gasteiger partial charge is 0.347 e. The summed E-state index contributed by atoms with van der Waals surface area (Å²) in [6.07, 6.45) is 3.35. The summed E-state index contributed by atoms with van der Waals surface area (Å²) in [6.45, 7) is 7.67. The molecule has 92 valence electrons. The number of fused-ring (bicyclic) bond motifs is 1. The van der Waals surface area contributed by atoms with Crippen LogP contribution in [0, 0.1) is 6.92 Å². The summed E-state index contributed by atoms with van der Waals surface area (Å²) in [5.41, 5.74) is 4.21. The molecule has 2 nitrogen and oxygen atoms in total. The first kappa shape index (κ1) is 12.2. The van der Waals surface area contributed by atoms with Gasteiger partial charge in [-0.3, -0.25) is 0 Å². The van der Waals surface area contributed by atoms with Gasteiger partial charge in [0.05, 0.1) is 0 Å². The van der Waals surface area contributed by atoms with Crippen LogP contribution in [0.2, 0.25) is 0 Å². The van der Waals surface area contributed by atoms with Gasteiger partial charge in [-0.1, -0.05) is 12.1 Å². The molecule has 1 N–H and O–H groups in total. The number of hydrogen-bond acceptors (Lipinski definition) is 1. The van der Waals surface area contributed by atoms with Crippen molar-refractivity contribution in [3.8, 4) is 0 Å². The van der Waals surface area contributed by atoms with Gasteiger partial charge >= 0.3 is 0 Å². The third kappa shape index (κ3) is 2.22. The maximum absolute atomic E-state index is 3.31. The number of nitrogens with zero attached hydrogens (tertiary/aromatic N) is 1. The van der Waals surface area contributed by atoms with E-state index < -0.39 is 0 Å². The van der Waals surface area contributed by atoms with Gasteiger partial charge in [0.2, 0.25) is 0 Å². The molecule has 1 heterocycles. The van der Waals surface area contributed by atoms with Crippen LogP contribution in [0.4, 0.5) is 0 Å². The molecule has 1 atom stereocenters. The zero-order valence-corrected chi connectivity index (χ0v) is 11.2. The molecule has 2 heteroatoms. The van der Waals surface area contributed by atoms with E-state index in [9.17, 15) is 0 Å². The zero-order valence-electron chi connectivity index (χ0n) is 11.2. The Morgan fingerprint density at radius 2 is 2.12 bits per heavy atom. The smallest absolute Gasteiger partial charge is 0.0485 e. The molecule has 0 amide bonds. The highest BCUT2D eigenvalue weighted by atomic mass is 14.9. The van der Waals surface area contributed by atoms with Gasteiger partial charge in [0.25, 0.3) is 0 Å². The van der Waals surface area contributed by atoms with Gasteiger partial charge in [0.1, 0.15) is 0 Å². The highest BCUT2D eigenvalue weighted by Gasteiger charge is 2.10. The molecule has 0 spiro atoms. The van der Waals surface area contributed by atoms with Gasteiger partial charge in [-0.2, -0.15) is 0 Å². The average molecular weight is 230 g/mol. The molecule has 17 heavy (non-hydrogen) atoms. The fourth-order valence-corrected chi connectivity index (χ4v) is 2.51. The number of hydrogen-bond donors (Lipinski definition) is 1. The lowest BCUT2D eigenvalue weighted by molar-refractivity contribution is 0.610.